The SMILES string of the molecule is CC(=O)O.CCCc1cc(C(=O)CBr)ccc1O.CCCc1cc(C(=O)c2sc(Nc3ccc(OCCN(C)C)cc3)nc2N)ccc1O.CN(C)CCOc1ccc(NC(=S)N=C(N)SCP)cc1. The number of aliphatic carboxylic acids is 1. The van der Waals surface area contributed by atoms with Crippen LogP contribution < -0.4 is 31.6 Å². The lowest BCUT2D eigenvalue weighted by Crippen LogP contribution is -2.19. The Hall–Kier alpha value is -5.34. The molecule has 0 aliphatic rings. The van der Waals surface area contributed by atoms with Crippen molar-refractivity contribution in [2.75, 3.05) is 81.7 Å². The van der Waals surface area contributed by atoms with Crippen LogP contribution in [0.25, 0.3) is 0 Å². The second-order valence-corrected chi connectivity index (χ2v) is 19.5. The van der Waals surface area contributed by atoms with Gasteiger partial charge < -0.3 is 56.7 Å². The molecule has 0 aliphatic carbocycles. The van der Waals surface area contributed by atoms with Crippen LogP contribution in [0.3, 0.4) is 0 Å². The van der Waals surface area contributed by atoms with Crippen molar-refractivity contribution in [3.05, 3.63) is 112 Å². The minimum atomic E-state index is -0.833. The number of thiocarbonyl (C=S) groups is 1. The van der Waals surface area contributed by atoms with Crippen LogP contribution in [0.5, 0.6) is 23.0 Å². The fourth-order valence-corrected chi connectivity index (χ4v) is 7.94. The van der Waals surface area contributed by atoms with Gasteiger partial charge in [0.1, 0.15) is 46.9 Å². The summed E-state index contributed by atoms with van der Waals surface area (Å²) in [5.41, 5.74) is 16.9. The summed E-state index contributed by atoms with van der Waals surface area (Å²) in [6, 6.07) is 25.0. The number of carboxylic acids is 1. The third-order valence-corrected chi connectivity index (χ3v) is 11.8. The number of carbonyl (C=O) groups excluding carboxylic acids is 2. The Morgan fingerprint density at radius 3 is 1.76 bits per heavy atom. The molecule has 21 heteroatoms. The van der Waals surface area contributed by atoms with Crippen molar-refractivity contribution in [1.82, 2.24) is 14.8 Å². The summed E-state index contributed by atoms with van der Waals surface area (Å²) in [7, 11) is 10.6. The molecular weight excluding hydrogens is 1040 g/mol. The number of hydrogen-bond donors (Lipinski definition) is 7. The van der Waals surface area contributed by atoms with Gasteiger partial charge in [0.25, 0.3) is 5.97 Å². The number of thiazole rings is 1. The third-order valence-electron chi connectivity index (χ3n) is 9.03. The number of benzene rings is 4. The highest BCUT2D eigenvalue weighted by Gasteiger charge is 2.19. The van der Waals surface area contributed by atoms with Gasteiger partial charge in [-0.15, -0.1) is 9.24 Å². The van der Waals surface area contributed by atoms with Crippen molar-refractivity contribution in [1.29, 1.82) is 0 Å². The molecule has 0 amide bonds. The quantitative estimate of drug-likeness (QED) is 0.00959. The van der Waals surface area contributed by atoms with Crippen molar-refractivity contribution >= 4 is 111 Å². The number of nitrogens with one attached hydrogen (secondary N) is 2. The number of aromatic hydroxyl groups is 2. The largest absolute Gasteiger partial charge is 0.508 e. The lowest BCUT2D eigenvalue weighted by molar-refractivity contribution is -0.134. The Morgan fingerprint density at radius 2 is 1.30 bits per heavy atom. The average Bonchev–Trinajstić information content (AvgIpc) is 3.67. The number of hydrogen-bond acceptors (Lipinski definition) is 15. The molecule has 0 aliphatic heterocycles. The number of ether oxygens (including phenoxy) is 2. The molecule has 0 saturated heterocycles. The number of likely N-dealkylation sites (N-methyl/N-ethyl adjacent to an activating group) is 2. The summed E-state index contributed by atoms with van der Waals surface area (Å²) >= 11 is 10.9. The molecule has 380 valence electrons. The molecule has 1 aromatic heterocycles. The van der Waals surface area contributed by atoms with E-state index in [4.69, 9.17) is 43.1 Å². The third kappa shape index (κ3) is 24.0. The first-order valence-corrected chi connectivity index (χ1v) is 26.2. The maximum absolute atomic E-state index is 13.0. The summed E-state index contributed by atoms with van der Waals surface area (Å²) in [4.78, 5) is 46.2. The Balaban J connectivity index is 0.000000372. The van der Waals surface area contributed by atoms with Gasteiger partial charge >= 0.3 is 0 Å². The first kappa shape index (κ1) is 60.8. The lowest BCUT2D eigenvalue weighted by Gasteiger charge is -2.11. The van der Waals surface area contributed by atoms with Crippen LogP contribution in [0.4, 0.5) is 22.3 Å². The molecule has 0 saturated carbocycles. The number of ketones is 2. The highest BCUT2D eigenvalue weighted by Crippen LogP contribution is 2.31. The summed E-state index contributed by atoms with van der Waals surface area (Å²) in [6.07, 6.45) is 3.34. The van der Waals surface area contributed by atoms with Gasteiger partial charge in [0, 0.05) is 48.0 Å². The number of phenolic OH excluding ortho intramolecular Hbond substituents is 2. The normalized spacial score (nSPS) is 10.7. The number of rotatable bonds is 20. The Labute approximate surface area is 436 Å². The molecule has 5 rings (SSSR count). The number of Topliss-reactive ketones (excluding diaryl/α,β-unsaturated/α-hetero) is 1. The number of aryl methyl sites for hydroxylation is 2. The van der Waals surface area contributed by atoms with Crippen molar-refractivity contribution in [3.63, 3.8) is 0 Å². The van der Waals surface area contributed by atoms with E-state index in [1.807, 2.05) is 90.6 Å². The molecule has 9 N–H and O–H groups in total. The smallest absolute Gasteiger partial charge is 0.300 e. The first-order chi connectivity index (χ1) is 33.3. The molecule has 70 heavy (non-hydrogen) atoms. The van der Waals surface area contributed by atoms with E-state index in [1.54, 1.807) is 36.4 Å². The summed E-state index contributed by atoms with van der Waals surface area (Å²) in [5, 5.41) is 34.7. The Kier molecular flexibility index (Phi) is 28.9. The van der Waals surface area contributed by atoms with E-state index in [0.717, 1.165) is 78.8 Å². The van der Waals surface area contributed by atoms with Gasteiger partial charge in [0.05, 0.1) is 5.33 Å². The van der Waals surface area contributed by atoms with Gasteiger partial charge in [0.15, 0.2) is 21.2 Å². The topological polar surface area (TPSA) is 238 Å². The zero-order valence-electron chi connectivity index (χ0n) is 40.7. The number of aliphatic imine (C=N–C) groups is 1. The predicted molar refractivity (Wildman–Crippen MR) is 300 cm³/mol. The highest BCUT2D eigenvalue weighted by atomic mass is 79.9. The maximum Gasteiger partial charge on any atom is 0.300 e. The number of phenols is 2. The van der Waals surface area contributed by atoms with E-state index >= 15 is 0 Å². The van der Waals surface area contributed by atoms with E-state index in [9.17, 15) is 19.8 Å². The summed E-state index contributed by atoms with van der Waals surface area (Å²) < 4.78 is 11.3. The molecule has 0 spiro atoms. The van der Waals surface area contributed by atoms with Crippen LogP contribution >= 0.6 is 60.5 Å². The molecule has 1 atom stereocenters. The van der Waals surface area contributed by atoms with E-state index in [0.29, 0.717) is 56.4 Å². The standard InChI is InChI=1S/C23H28N4O3S.C13H21N4OPS2.C11H13BrO2.C2H4O2/c1-4-5-15-14-16(6-11-19(15)28)20(29)21-22(24)26-23(31-21)25-17-7-9-18(10-8-17)30-13-12-27(2)3;1-17(2)7-8-18-11-5-3-10(4-6-11)15-13(20)16-12(14)21-9-19;1-2-3-8-6-9(11(14)7-12)4-5-10(8)13;1-2(3)4/h6-11,14,28H,4-5,12-13,24H2,1-3H3,(H,25,26);3-6H,7-9,19H2,1-2H3,(H3,14,15,16,20);4-6,13H,2-3,7H2,1H3;1H3,(H,3,4). The first-order valence-electron chi connectivity index (χ1n) is 22.0. The summed E-state index contributed by atoms with van der Waals surface area (Å²) in [5.74, 6) is 1.29. The lowest BCUT2D eigenvalue weighted by atomic mass is 10.0. The molecule has 5 aromatic rings. The molecule has 0 radical (unpaired) electrons. The number of amidine groups is 1. The van der Waals surface area contributed by atoms with E-state index < -0.39 is 5.97 Å². The zero-order valence-corrected chi connectivity index (χ0v) is 45.9. The molecule has 4 aromatic carbocycles. The number of aromatic nitrogens is 1. The van der Waals surface area contributed by atoms with E-state index in [2.05, 4.69) is 55.6 Å². The van der Waals surface area contributed by atoms with Crippen LogP contribution in [0, 0.1) is 0 Å². The number of anilines is 4. The Morgan fingerprint density at radius 1 is 0.829 bits per heavy atom. The van der Waals surface area contributed by atoms with Crippen molar-refractivity contribution in [3.8, 4) is 23.0 Å². The van der Waals surface area contributed by atoms with Crippen LogP contribution in [0.15, 0.2) is 89.9 Å². The van der Waals surface area contributed by atoms with Crippen LogP contribution in [0.1, 0.15) is 70.3 Å². The van der Waals surface area contributed by atoms with Gasteiger partial charge in [-0.1, -0.05) is 65.7 Å². The van der Waals surface area contributed by atoms with E-state index in [-0.39, 0.29) is 28.9 Å². The second kappa shape index (κ2) is 33.3. The fraction of sp³-hybridized carbons (Fsp3) is 0.347. The van der Waals surface area contributed by atoms with Gasteiger partial charge in [0.2, 0.25) is 5.78 Å². The monoisotopic (exact) mass is 1100 g/mol. The fourth-order valence-electron chi connectivity index (χ4n) is 5.63. The summed E-state index contributed by atoms with van der Waals surface area (Å²) in [6.45, 7) is 8.15. The highest BCUT2D eigenvalue weighted by molar-refractivity contribution is 9.09. The van der Waals surface area contributed by atoms with Crippen LogP contribution in [-0.2, 0) is 17.6 Å². The number of nitrogens with two attached hydrogens (primary N) is 2. The van der Waals surface area contributed by atoms with Crippen molar-refractivity contribution in [2.45, 2.75) is 46.5 Å². The zero-order chi connectivity index (χ0) is 52.2. The maximum atomic E-state index is 13.0. The molecule has 1 unspecified atom stereocenters. The van der Waals surface area contributed by atoms with Crippen LogP contribution in [-0.4, -0.2) is 123 Å². The molecule has 0 fully saturated rings. The number of nitrogens with zero attached hydrogens (tertiary/aromatic N) is 4. The van der Waals surface area contributed by atoms with Gasteiger partial charge in [-0.2, -0.15) is 4.99 Å². The Bertz CT molecular complexity index is 2440. The van der Waals surface area contributed by atoms with Crippen molar-refractivity contribution in [2.24, 2.45) is 10.7 Å². The molecule has 16 nitrogen and oxygen atoms in total. The molecular formula is C49H66BrN8O8PS3. The van der Waals surface area contributed by atoms with Gasteiger partial charge in [-0.05, 0) is 149 Å². The van der Waals surface area contributed by atoms with Crippen molar-refractivity contribution < 1.29 is 39.2 Å². The average molecular weight is 1100 g/mol. The number of carboxylic acid groups (broad SMARTS) is 1. The van der Waals surface area contributed by atoms with Gasteiger partial charge in [-0.3, -0.25) is 14.4 Å². The molecule has 1 heterocycles. The number of alkyl halides is 1. The minimum Gasteiger partial charge on any atom is -0.508 e. The number of thioether (sulfide) groups is 1. The number of carbonyl (C=O) groups is 3. The minimum absolute atomic E-state index is 0.0438. The molecule has 0 bridgehead atoms. The number of nitrogen functional groups attached to an aromatic ring is 1. The second-order valence-electron chi connectivity index (χ2n) is 15.5. The number of halogens is 1. The van der Waals surface area contributed by atoms with Crippen LogP contribution in [0.2, 0.25) is 0 Å². The predicted octanol–water partition coefficient (Wildman–Crippen LogP) is 9.52. The van der Waals surface area contributed by atoms with Gasteiger partial charge in [-0.25, -0.2) is 4.98 Å². The van der Waals surface area contributed by atoms with E-state index in [1.165, 1.54) is 23.1 Å².